The van der Waals surface area contributed by atoms with E-state index in [0.717, 1.165) is 48.5 Å². The minimum atomic E-state index is -3.73. The predicted molar refractivity (Wildman–Crippen MR) is 135 cm³/mol. The average molecular weight is 481 g/mol. The molecule has 0 amide bonds. The first-order chi connectivity index (χ1) is 16.4. The number of ether oxygens (including phenoxy) is 2. The van der Waals surface area contributed by atoms with E-state index < -0.39 is 9.84 Å². The summed E-state index contributed by atoms with van der Waals surface area (Å²) >= 11 is 0. The zero-order valence-electron chi connectivity index (χ0n) is 20.0. The van der Waals surface area contributed by atoms with E-state index in [0.29, 0.717) is 18.9 Å². The van der Waals surface area contributed by atoms with Gasteiger partial charge in [-0.15, -0.1) is 0 Å². The Labute approximate surface area is 202 Å². The molecule has 180 valence electrons. The van der Waals surface area contributed by atoms with E-state index in [1.807, 2.05) is 43.3 Å². The highest BCUT2D eigenvalue weighted by molar-refractivity contribution is 7.91. The summed E-state index contributed by atoms with van der Waals surface area (Å²) in [5.41, 5.74) is 4.11. The quantitative estimate of drug-likeness (QED) is 0.510. The lowest BCUT2D eigenvalue weighted by Crippen LogP contribution is -2.20. The Morgan fingerprint density at radius 1 is 0.941 bits per heavy atom. The van der Waals surface area contributed by atoms with Crippen LogP contribution in [0.5, 0.6) is 11.5 Å². The molecule has 1 aliphatic rings. The maximum Gasteiger partial charge on any atom is 0.210 e. The van der Waals surface area contributed by atoms with Crippen molar-refractivity contribution in [2.24, 2.45) is 0 Å². The van der Waals surface area contributed by atoms with Crippen LogP contribution < -0.4 is 14.8 Å². The molecular formula is C27H32N2O4S. The van der Waals surface area contributed by atoms with Gasteiger partial charge in [0.15, 0.2) is 0 Å². The summed E-state index contributed by atoms with van der Waals surface area (Å²) in [5.74, 6) is 1.25. The van der Waals surface area contributed by atoms with Crippen LogP contribution in [0.3, 0.4) is 0 Å². The molecule has 3 aromatic rings. The van der Waals surface area contributed by atoms with Gasteiger partial charge >= 0.3 is 0 Å². The summed E-state index contributed by atoms with van der Waals surface area (Å²) in [4.78, 5) is 2.76. The first-order valence-electron chi connectivity index (χ1n) is 11.6. The molecule has 0 aliphatic carbocycles. The molecule has 0 saturated heterocycles. The van der Waals surface area contributed by atoms with Crippen molar-refractivity contribution >= 4 is 15.5 Å². The van der Waals surface area contributed by atoms with Crippen LogP contribution in [0.1, 0.15) is 23.6 Å². The molecular weight excluding hydrogens is 448 g/mol. The molecule has 4 rings (SSSR count). The minimum Gasteiger partial charge on any atom is -0.496 e. The predicted octanol–water partition coefficient (Wildman–Crippen LogP) is 4.57. The molecule has 0 unspecified atom stereocenters. The molecule has 1 aliphatic heterocycles. The van der Waals surface area contributed by atoms with Crippen LogP contribution in [0.15, 0.2) is 70.5 Å². The van der Waals surface area contributed by atoms with Gasteiger partial charge < -0.3 is 19.7 Å². The number of hydrogen-bond acceptors (Lipinski definition) is 6. The minimum absolute atomic E-state index is 0.243. The summed E-state index contributed by atoms with van der Waals surface area (Å²) in [6.45, 7) is 4.72. The Morgan fingerprint density at radius 2 is 1.62 bits per heavy atom. The summed E-state index contributed by atoms with van der Waals surface area (Å²) in [7, 11) is 0.0106. The van der Waals surface area contributed by atoms with Crippen LogP contribution in [-0.4, -0.2) is 47.2 Å². The van der Waals surface area contributed by atoms with Gasteiger partial charge in [0.2, 0.25) is 9.84 Å². The Kier molecular flexibility index (Phi) is 7.44. The topological polar surface area (TPSA) is 67.9 Å². The van der Waals surface area contributed by atoms with Crippen LogP contribution in [0.2, 0.25) is 0 Å². The van der Waals surface area contributed by atoms with Crippen molar-refractivity contribution in [3.8, 4) is 11.5 Å². The third kappa shape index (κ3) is 5.21. The smallest absolute Gasteiger partial charge is 0.210 e. The summed E-state index contributed by atoms with van der Waals surface area (Å²) in [6, 6.07) is 18.4. The lowest BCUT2D eigenvalue weighted by atomic mass is 10.0. The molecule has 0 bridgehead atoms. The number of rotatable bonds is 8. The zero-order valence-corrected chi connectivity index (χ0v) is 20.8. The van der Waals surface area contributed by atoms with Gasteiger partial charge in [0.1, 0.15) is 16.4 Å². The molecule has 0 saturated carbocycles. The van der Waals surface area contributed by atoms with E-state index in [1.54, 1.807) is 31.4 Å². The van der Waals surface area contributed by atoms with Crippen molar-refractivity contribution in [1.29, 1.82) is 0 Å². The summed E-state index contributed by atoms with van der Waals surface area (Å²) in [5, 5.41) is 3.33. The van der Waals surface area contributed by atoms with Crippen molar-refractivity contribution in [3.63, 3.8) is 0 Å². The van der Waals surface area contributed by atoms with Crippen LogP contribution in [0.4, 0.5) is 5.69 Å². The van der Waals surface area contributed by atoms with Gasteiger partial charge in [0.25, 0.3) is 0 Å². The molecule has 1 N–H and O–H groups in total. The van der Waals surface area contributed by atoms with Crippen molar-refractivity contribution in [2.75, 3.05) is 39.2 Å². The second kappa shape index (κ2) is 10.5. The molecule has 0 fully saturated rings. The Hall–Kier alpha value is -3.03. The van der Waals surface area contributed by atoms with Crippen molar-refractivity contribution < 1.29 is 17.9 Å². The fourth-order valence-corrected chi connectivity index (χ4v) is 5.68. The maximum absolute atomic E-state index is 13.6. The van der Waals surface area contributed by atoms with Gasteiger partial charge in [0, 0.05) is 30.9 Å². The van der Waals surface area contributed by atoms with Crippen LogP contribution in [-0.2, 0) is 29.2 Å². The summed E-state index contributed by atoms with van der Waals surface area (Å²) < 4.78 is 38.4. The number of fused-ring (bicyclic) bond motifs is 1. The van der Waals surface area contributed by atoms with E-state index in [2.05, 4.69) is 17.3 Å². The Bertz CT molecular complexity index is 1240. The van der Waals surface area contributed by atoms with Crippen molar-refractivity contribution in [2.45, 2.75) is 36.1 Å². The van der Waals surface area contributed by atoms with Gasteiger partial charge in [-0.1, -0.05) is 18.2 Å². The first kappa shape index (κ1) is 24.1. The Balaban J connectivity index is 1.59. The lowest BCUT2D eigenvalue weighted by molar-refractivity contribution is 0.330. The number of para-hydroxylation sites is 1. The number of nitrogens with zero attached hydrogens (tertiary/aromatic N) is 1. The molecule has 34 heavy (non-hydrogen) atoms. The number of benzene rings is 3. The van der Waals surface area contributed by atoms with Crippen molar-refractivity contribution in [1.82, 2.24) is 4.90 Å². The highest BCUT2D eigenvalue weighted by atomic mass is 32.2. The number of likely N-dealkylation sites (N-methyl/N-ethyl adjacent to an activating group) is 1. The molecule has 1 heterocycles. The van der Waals surface area contributed by atoms with Crippen LogP contribution >= 0.6 is 0 Å². The van der Waals surface area contributed by atoms with Crippen LogP contribution in [0.25, 0.3) is 0 Å². The van der Waals surface area contributed by atoms with Gasteiger partial charge in [0.05, 0.1) is 18.6 Å². The zero-order chi connectivity index (χ0) is 24.1. The van der Waals surface area contributed by atoms with E-state index in [4.69, 9.17) is 9.47 Å². The maximum atomic E-state index is 13.6. The molecule has 0 atom stereocenters. The largest absolute Gasteiger partial charge is 0.496 e. The highest BCUT2D eigenvalue weighted by Crippen LogP contribution is 2.34. The number of anilines is 1. The van der Waals surface area contributed by atoms with Gasteiger partial charge in [-0.05, 0) is 80.4 Å². The second-order valence-electron chi connectivity index (χ2n) is 8.50. The fraction of sp³-hybridized carbons (Fsp3) is 0.333. The van der Waals surface area contributed by atoms with Gasteiger partial charge in [-0.25, -0.2) is 8.42 Å². The molecule has 7 heteroatoms. The average Bonchev–Trinajstić information content (AvgIpc) is 3.04. The number of nitrogens with one attached hydrogen (secondary N) is 1. The normalized spacial score (nSPS) is 14.2. The third-order valence-corrected chi connectivity index (χ3v) is 8.01. The number of methoxy groups -OCH3 is 1. The molecule has 3 aromatic carbocycles. The molecule has 0 spiro atoms. The third-order valence-electron chi connectivity index (χ3n) is 6.22. The van der Waals surface area contributed by atoms with E-state index in [1.165, 1.54) is 5.56 Å². The standard InChI is InChI=1S/C27H32N2O4S/c1-4-33-26-17-20-13-15-29(2)16-14-21(20)18-27(26)34(30,31)24-11-9-23(10-12-24)28-19-22-7-5-6-8-25(22)32-3/h5-12,17-18,28H,4,13-16,19H2,1-3H3. The van der Waals surface area contributed by atoms with E-state index in [9.17, 15) is 8.42 Å². The van der Waals surface area contributed by atoms with Gasteiger partial charge in [-0.2, -0.15) is 0 Å². The Morgan fingerprint density at radius 3 is 2.29 bits per heavy atom. The highest BCUT2D eigenvalue weighted by Gasteiger charge is 2.25. The monoisotopic (exact) mass is 480 g/mol. The van der Waals surface area contributed by atoms with Gasteiger partial charge in [-0.3, -0.25) is 0 Å². The fourth-order valence-electron chi connectivity index (χ4n) is 4.25. The van der Waals surface area contributed by atoms with E-state index >= 15 is 0 Å². The number of sulfone groups is 1. The lowest BCUT2D eigenvalue weighted by Gasteiger charge is -2.16. The second-order valence-corrected chi connectivity index (χ2v) is 10.4. The molecule has 6 nitrogen and oxygen atoms in total. The van der Waals surface area contributed by atoms with Crippen molar-refractivity contribution in [3.05, 3.63) is 77.4 Å². The molecule has 0 radical (unpaired) electrons. The van der Waals surface area contributed by atoms with Crippen LogP contribution in [0, 0.1) is 0 Å². The SMILES string of the molecule is CCOc1cc2c(cc1S(=O)(=O)c1ccc(NCc3ccccc3OC)cc1)CCN(C)CC2. The molecule has 0 aromatic heterocycles. The number of hydrogen-bond donors (Lipinski definition) is 1. The van der Waals surface area contributed by atoms with E-state index in [-0.39, 0.29) is 9.79 Å². The first-order valence-corrected chi connectivity index (χ1v) is 13.1. The summed E-state index contributed by atoms with van der Waals surface area (Å²) in [6.07, 6.45) is 1.71.